The molecule has 4 aliphatic rings. The maximum absolute atomic E-state index is 12.5. The zero-order chi connectivity index (χ0) is 25.1. The second-order valence-corrected chi connectivity index (χ2v) is 9.73. The van der Waals surface area contributed by atoms with Crippen LogP contribution in [0.4, 0.5) is 5.82 Å². The molecule has 11 heteroatoms. The van der Waals surface area contributed by atoms with E-state index in [0.29, 0.717) is 41.9 Å². The van der Waals surface area contributed by atoms with Crippen molar-refractivity contribution in [1.29, 1.82) is 0 Å². The van der Waals surface area contributed by atoms with Crippen molar-refractivity contribution in [1.82, 2.24) is 24.8 Å². The van der Waals surface area contributed by atoms with Crippen LogP contribution >= 0.6 is 0 Å². The number of anilines is 1. The Kier molecular flexibility index (Phi) is 7.61. The van der Waals surface area contributed by atoms with Gasteiger partial charge in [-0.3, -0.25) is 9.36 Å². The molecule has 5 N–H and O–H groups in total. The minimum atomic E-state index is -1.21. The predicted molar refractivity (Wildman–Crippen MR) is 132 cm³/mol. The third-order valence-corrected chi connectivity index (χ3v) is 7.29. The molecule has 0 aromatic carbocycles. The van der Waals surface area contributed by atoms with Crippen LogP contribution in [-0.4, -0.2) is 78.8 Å². The quantitative estimate of drug-likeness (QED) is 0.226. The van der Waals surface area contributed by atoms with Gasteiger partial charge in [-0.25, -0.2) is 15.0 Å². The molecule has 3 heterocycles. The number of aromatic nitrogens is 4. The molecule has 2 aromatic rings. The zero-order valence-corrected chi connectivity index (χ0v) is 20.2. The highest BCUT2D eigenvalue weighted by atomic mass is 16.6. The van der Waals surface area contributed by atoms with Gasteiger partial charge in [-0.1, -0.05) is 31.1 Å². The zero-order valence-electron chi connectivity index (χ0n) is 20.2. The van der Waals surface area contributed by atoms with Crippen LogP contribution in [0.5, 0.6) is 0 Å². The Balaban J connectivity index is 1.04. The van der Waals surface area contributed by atoms with Crippen molar-refractivity contribution < 1.29 is 24.9 Å². The number of rotatable bonds is 11. The van der Waals surface area contributed by atoms with Crippen molar-refractivity contribution in [3.8, 4) is 0 Å². The van der Waals surface area contributed by atoms with Crippen LogP contribution in [0, 0.1) is 11.8 Å². The van der Waals surface area contributed by atoms with E-state index >= 15 is 0 Å². The number of unbranched alkanes of at least 4 members (excludes halogenated alkanes) is 3. The summed E-state index contributed by atoms with van der Waals surface area (Å²) in [5, 5.41) is 36.1. The minimum Gasteiger partial charge on any atom is -0.394 e. The summed E-state index contributed by atoms with van der Waals surface area (Å²) in [5.74, 6) is 1.39. The molecule has 6 atom stereocenters. The second kappa shape index (κ2) is 11.0. The molecule has 1 fully saturated rings. The van der Waals surface area contributed by atoms with E-state index in [1.54, 1.807) is 4.57 Å². The average Bonchev–Trinajstić information content (AvgIpc) is 3.47. The normalized spacial score (nSPS) is 29.0. The number of aliphatic hydroxyl groups excluding tert-OH is 3. The van der Waals surface area contributed by atoms with Gasteiger partial charge < -0.3 is 30.7 Å². The fraction of sp³-hybridized carbons (Fsp3) is 0.600. The molecule has 0 radical (unpaired) electrons. The van der Waals surface area contributed by atoms with E-state index in [2.05, 4.69) is 43.8 Å². The molecule has 1 saturated heterocycles. The standard InChI is InChI=1S/C25H34N6O5/c32-12-18-20(33)21(34)25(36-18)31-14-30-19-22(28-13-29-23(19)31)26-9-3-1-2-4-10-27-24(35)17-11-15-5-7-16(17)8-6-15/h5,7,11,13-16,18,20-21,25,32-34H,1-4,6,8-10,12H2,(H,27,35)(H,26,28,29). The summed E-state index contributed by atoms with van der Waals surface area (Å²) < 4.78 is 7.14. The van der Waals surface area contributed by atoms with E-state index < -0.39 is 31.1 Å². The van der Waals surface area contributed by atoms with Crippen LogP contribution in [0.2, 0.25) is 0 Å². The molecular formula is C25H34N6O5. The topological polar surface area (TPSA) is 155 Å². The number of imidazole rings is 1. The minimum absolute atomic E-state index is 0.0832. The molecular weight excluding hydrogens is 464 g/mol. The van der Waals surface area contributed by atoms with Crippen LogP contribution < -0.4 is 10.6 Å². The third-order valence-electron chi connectivity index (χ3n) is 7.29. The van der Waals surface area contributed by atoms with Crippen molar-refractivity contribution in [3.05, 3.63) is 36.5 Å². The fourth-order valence-corrected chi connectivity index (χ4v) is 5.23. The second-order valence-electron chi connectivity index (χ2n) is 9.73. The van der Waals surface area contributed by atoms with Crippen molar-refractivity contribution in [2.24, 2.45) is 11.8 Å². The lowest BCUT2D eigenvalue weighted by atomic mass is 9.76. The Morgan fingerprint density at radius 1 is 1.06 bits per heavy atom. The molecule has 0 spiro atoms. The number of allylic oxidation sites excluding steroid dienone is 3. The van der Waals surface area contributed by atoms with E-state index in [-0.39, 0.29) is 5.91 Å². The Bertz CT molecular complexity index is 1130. The van der Waals surface area contributed by atoms with Crippen LogP contribution in [0.1, 0.15) is 44.8 Å². The third kappa shape index (κ3) is 5.01. The van der Waals surface area contributed by atoms with Crippen LogP contribution in [0.3, 0.4) is 0 Å². The number of hydrogen-bond acceptors (Lipinski definition) is 9. The first-order valence-corrected chi connectivity index (χ1v) is 12.8. The van der Waals surface area contributed by atoms with Gasteiger partial charge in [-0.2, -0.15) is 0 Å². The number of aliphatic hydroxyl groups is 3. The summed E-state index contributed by atoms with van der Waals surface area (Å²) in [7, 11) is 0. The van der Waals surface area contributed by atoms with E-state index in [4.69, 9.17) is 4.74 Å². The fourth-order valence-electron chi connectivity index (χ4n) is 5.23. The maximum atomic E-state index is 12.5. The number of nitrogens with zero attached hydrogens (tertiary/aromatic N) is 4. The SMILES string of the molecule is O=C(NCCCCCCNc1ncnc2c1ncn2C1OC(CO)C(O)C1O)C1=CC2C=CC1CC2. The molecule has 194 valence electrons. The summed E-state index contributed by atoms with van der Waals surface area (Å²) in [4.78, 5) is 25.4. The number of amides is 1. The molecule has 1 amide bonds. The Labute approximate surface area is 209 Å². The van der Waals surface area contributed by atoms with E-state index in [0.717, 1.165) is 44.1 Å². The van der Waals surface area contributed by atoms with Crippen molar-refractivity contribution in [3.63, 3.8) is 0 Å². The van der Waals surface area contributed by atoms with Gasteiger partial charge in [-0.15, -0.1) is 0 Å². The van der Waals surface area contributed by atoms with Gasteiger partial charge in [-0.05, 0) is 31.6 Å². The molecule has 6 rings (SSSR count). The molecule has 36 heavy (non-hydrogen) atoms. The molecule has 2 aromatic heterocycles. The smallest absolute Gasteiger partial charge is 0.247 e. The summed E-state index contributed by atoms with van der Waals surface area (Å²) in [6.45, 7) is 1.00. The first-order valence-electron chi connectivity index (χ1n) is 12.8. The average molecular weight is 499 g/mol. The first-order chi connectivity index (χ1) is 17.6. The van der Waals surface area contributed by atoms with Crippen molar-refractivity contribution in [2.45, 2.75) is 63.1 Å². The molecule has 11 nitrogen and oxygen atoms in total. The molecule has 0 saturated carbocycles. The highest BCUT2D eigenvalue weighted by Gasteiger charge is 2.44. The number of nitrogens with one attached hydrogen (secondary N) is 2. The summed E-state index contributed by atoms with van der Waals surface area (Å²) in [5.41, 5.74) is 1.95. The highest BCUT2D eigenvalue weighted by molar-refractivity contribution is 5.94. The van der Waals surface area contributed by atoms with Gasteiger partial charge in [0.2, 0.25) is 5.91 Å². The van der Waals surface area contributed by atoms with E-state index in [1.165, 1.54) is 12.7 Å². The molecule has 3 aliphatic carbocycles. The highest BCUT2D eigenvalue weighted by Crippen LogP contribution is 2.35. The van der Waals surface area contributed by atoms with Gasteiger partial charge in [0.05, 0.1) is 12.9 Å². The van der Waals surface area contributed by atoms with Gasteiger partial charge in [0, 0.05) is 24.6 Å². The van der Waals surface area contributed by atoms with Gasteiger partial charge >= 0.3 is 0 Å². The summed E-state index contributed by atoms with van der Waals surface area (Å²) >= 11 is 0. The van der Waals surface area contributed by atoms with Gasteiger partial charge in [0.1, 0.15) is 24.6 Å². The van der Waals surface area contributed by atoms with Crippen LogP contribution in [0.15, 0.2) is 36.5 Å². The Morgan fingerprint density at radius 2 is 1.89 bits per heavy atom. The van der Waals surface area contributed by atoms with Gasteiger partial charge in [0.25, 0.3) is 0 Å². The lowest BCUT2D eigenvalue weighted by Gasteiger charge is -2.29. The number of carbonyl (C=O) groups excluding carboxylic acids is 1. The van der Waals surface area contributed by atoms with Gasteiger partial charge in [0.15, 0.2) is 23.2 Å². The van der Waals surface area contributed by atoms with E-state index in [9.17, 15) is 20.1 Å². The Hall–Kier alpha value is -2.86. The monoisotopic (exact) mass is 498 g/mol. The number of carbonyl (C=O) groups is 1. The number of ether oxygens (including phenoxy) is 1. The largest absolute Gasteiger partial charge is 0.394 e. The van der Waals surface area contributed by atoms with Crippen LogP contribution in [0.25, 0.3) is 11.2 Å². The molecule has 6 unspecified atom stereocenters. The number of hydrogen-bond donors (Lipinski definition) is 5. The molecule has 2 bridgehead atoms. The lowest BCUT2D eigenvalue weighted by Crippen LogP contribution is -2.33. The first kappa shape index (κ1) is 24.8. The lowest BCUT2D eigenvalue weighted by molar-refractivity contribution is -0.118. The maximum Gasteiger partial charge on any atom is 0.247 e. The summed E-state index contributed by atoms with van der Waals surface area (Å²) in [6, 6.07) is 0. The summed E-state index contributed by atoms with van der Waals surface area (Å²) in [6.07, 6.45) is 11.4. The molecule has 1 aliphatic heterocycles. The van der Waals surface area contributed by atoms with Crippen molar-refractivity contribution in [2.75, 3.05) is 25.0 Å². The predicted octanol–water partition coefficient (Wildman–Crippen LogP) is 1.05. The van der Waals surface area contributed by atoms with Crippen LogP contribution in [-0.2, 0) is 9.53 Å². The Morgan fingerprint density at radius 3 is 2.58 bits per heavy atom. The van der Waals surface area contributed by atoms with Crippen molar-refractivity contribution >= 4 is 22.9 Å². The number of fused-ring (bicyclic) bond motifs is 2. The van der Waals surface area contributed by atoms with E-state index in [1.807, 2.05) is 0 Å².